The van der Waals surface area contributed by atoms with Gasteiger partial charge in [0.05, 0.1) is 39.8 Å². The normalized spacial score (nSPS) is 11.6. The number of para-hydroxylation sites is 1. The number of halogens is 3. The first-order chi connectivity index (χ1) is 21.7. The van der Waals surface area contributed by atoms with E-state index in [0.29, 0.717) is 16.6 Å². The van der Waals surface area contributed by atoms with Gasteiger partial charge in [0.1, 0.15) is 0 Å². The minimum atomic E-state index is -6.09. The van der Waals surface area contributed by atoms with Gasteiger partial charge in [-0.15, -0.1) is 0 Å². The first-order valence-corrected chi connectivity index (χ1v) is 15.7. The van der Waals surface area contributed by atoms with E-state index in [1.54, 1.807) is 0 Å². The zero-order valence-electron chi connectivity index (χ0n) is 27.2. The first-order valence-electron chi connectivity index (χ1n) is 14.3. The molecule has 262 valence electrons. The summed E-state index contributed by atoms with van der Waals surface area (Å²) in [5.41, 5.74) is 4.57. The van der Waals surface area contributed by atoms with E-state index in [9.17, 15) is 28.5 Å². The molecule has 4 rings (SSSR count). The van der Waals surface area contributed by atoms with Gasteiger partial charge in [-0.2, -0.15) is 17.9 Å². The van der Waals surface area contributed by atoms with Crippen LogP contribution in [-0.2, 0) is 27.2 Å². The molecule has 0 amide bonds. The van der Waals surface area contributed by atoms with E-state index >= 15 is 0 Å². The number of nitro groups is 1. The van der Waals surface area contributed by atoms with E-state index < -0.39 is 20.5 Å². The number of aryl methyl sites for hydroxylation is 2. The van der Waals surface area contributed by atoms with Crippen LogP contribution in [0.5, 0.6) is 0 Å². The molecule has 15 heteroatoms. The van der Waals surface area contributed by atoms with Crippen molar-refractivity contribution in [2.45, 2.75) is 65.8 Å². The SMILES string of the molecule is CC(=Nc1c(C(C)C)cccc1C(C)C)c1cccc(-c2c(C)cccc2C)n1.O=S(=O)([O-])C(F)(F)F.O=[N+]([O-])c1cc[n+]([O-])cc1.[Cu+]. The molecule has 0 saturated heterocycles. The van der Waals surface area contributed by atoms with Gasteiger partial charge in [0.2, 0.25) is 0 Å². The van der Waals surface area contributed by atoms with Crippen LogP contribution < -0.4 is 4.73 Å². The van der Waals surface area contributed by atoms with Gasteiger partial charge in [-0.05, 0) is 67.0 Å². The smallest absolute Gasteiger partial charge is 0.741 e. The molecular formula is C33H36CuF3N4O6S. The van der Waals surface area contributed by atoms with Gasteiger partial charge in [-0.1, -0.05) is 70.2 Å². The molecule has 0 aliphatic heterocycles. The molecule has 0 N–H and O–H groups in total. The average Bonchev–Trinajstić information content (AvgIpc) is 2.97. The monoisotopic (exact) mass is 736 g/mol. The van der Waals surface area contributed by atoms with Crippen molar-refractivity contribution in [1.29, 1.82) is 0 Å². The van der Waals surface area contributed by atoms with Crippen LogP contribution in [0.25, 0.3) is 11.3 Å². The number of nitrogens with zero attached hydrogens (tertiary/aromatic N) is 4. The van der Waals surface area contributed by atoms with Crippen LogP contribution in [0.2, 0.25) is 0 Å². The Bertz CT molecular complexity index is 1790. The van der Waals surface area contributed by atoms with Crippen LogP contribution in [-0.4, -0.2) is 34.1 Å². The fourth-order valence-corrected chi connectivity index (χ4v) is 4.39. The van der Waals surface area contributed by atoms with Crippen LogP contribution in [0.4, 0.5) is 24.5 Å². The van der Waals surface area contributed by atoms with Gasteiger partial charge in [-0.25, -0.2) is 13.4 Å². The number of aromatic nitrogens is 2. The number of rotatable bonds is 6. The van der Waals surface area contributed by atoms with Gasteiger partial charge < -0.3 is 9.76 Å². The zero-order chi connectivity index (χ0) is 35.7. The van der Waals surface area contributed by atoms with Crippen molar-refractivity contribution in [3.8, 4) is 11.3 Å². The van der Waals surface area contributed by atoms with Gasteiger partial charge in [0.15, 0.2) is 22.5 Å². The zero-order valence-corrected chi connectivity index (χ0v) is 29.0. The van der Waals surface area contributed by atoms with Crippen molar-refractivity contribution in [2.24, 2.45) is 4.99 Å². The van der Waals surface area contributed by atoms with Crippen molar-refractivity contribution in [1.82, 2.24) is 4.98 Å². The summed E-state index contributed by atoms with van der Waals surface area (Å²) in [6.45, 7) is 15.3. The number of aliphatic imine (C=N–C) groups is 1. The third kappa shape index (κ3) is 11.8. The molecule has 0 saturated carbocycles. The molecule has 2 heterocycles. The number of hydrogen-bond donors (Lipinski definition) is 0. The molecule has 0 fully saturated rings. The Balaban J connectivity index is 0.000000497. The third-order valence-electron chi connectivity index (χ3n) is 6.76. The maximum Gasteiger partial charge on any atom is 1.00 e. The van der Waals surface area contributed by atoms with E-state index in [-0.39, 0.29) is 22.8 Å². The standard InChI is InChI=1S/C27H32N2.C5H4N2O3.CHF3O3S.Cu/c1-17(2)22-13-9-14-23(18(3)4)27(22)28-21(7)24-15-10-16-25(29-24)26-19(5)11-8-12-20(26)6;8-6-3-1-5(2-4-6)7(9)10;2-1(3,4)8(5,6)7;/h8-18H,1-7H3;1-4H;(H,5,6,7);/q;;;+1/p-1. The molecule has 2 aromatic carbocycles. The second-order valence-corrected chi connectivity index (χ2v) is 12.4. The topological polar surface area (TPSA) is 153 Å². The van der Waals surface area contributed by atoms with Crippen molar-refractivity contribution in [2.75, 3.05) is 0 Å². The second kappa shape index (κ2) is 17.8. The van der Waals surface area contributed by atoms with Crippen molar-refractivity contribution in [3.05, 3.63) is 122 Å². The second-order valence-electron chi connectivity index (χ2n) is 11.0. The minimum absolute atomic E-state index is 0. The summed E-state index contributed by atoms with van der Waals surface area (Å²) in [5.74, 6) is 0.850. The van der Waals surface area contributed by atoms with Crippen LogP contribution >= 0.6 is 0 Å². The third-order valence-corrected chi connectivity index (χ3v) is 7.32. The number of benzene rings is 2. The van der Waals surface area contributed by atoms with Crippen molar-refractivity contribution in [3.63, 3.8) is 0 Å². The Morgan fingerprint density at radius 2 is 1.31 bits per heavy atom. The number of pyridine rings is 2. The molecule has 2 aromatic heterocycles. The largest absolute Gasteiger partial charge is 1.00 e. The van der Waals surface area contributed by atoms with Crippen molar-refractivity contribution >= 4 is 27.2 Å². The summed E-state index contributed by atoms with van der Waals surface area (Å²) in [5, 5.41) is 20.3. The van der Waals surface area contributed by atoms with Crippen molar-refractivity contribution < 1.29 is 52.9 Å². The quantitative estimate of drug-likeness (QED) is 0.0284. The summed E-state index contributed by atoms with van der Waals surface area (Å²) in [4.78, 5) is 19.5. The first kappa shape index (κ1) is 41.9. The Kier molecular flexibility index (Phi) is 15.5. The van der Waals surface area contributed by atoms with Crippen LogP contribution in [0.3, 0.4) is 0 Å². The summed E-state index contributed by atoms with van der Waals surface area (Å²) in [7, 11) is -6.09. The van der Waals surface area contributed by atoms with Gasteiger partial charge >= 0.3 is 22.6 Å². The predicted octanol–water partition coefficient (Wildman–Crippen LogP) is 8.03. The van der Waals surface area contributed by atoms with E-state index in [2.05, 4.69) is 103 Å². The fourth-order valence-electron chi connectivity index (χ4n) is 4.39. The molecule has 0 spiro atoms. The van der Waals surface area contributed by atoms with Gasteiger partial charge in [0, 0.05) is 5.56 Å². The average molecular weight is 737 g/mol. The molecule has 0 bridgehead atoms. The molecule has 0 unspecified atom stereocenters. The van der Waals surface area contributed by atoms with Crippen LogP contribution in [0.15, 0.2) is 84.1 Å². The fraction of sp³-hybridized carbons (Fsp3) is 0.303. The van der Waals surface area contributed by atoms with Crippen LogP contribution in [0.1, 0.15) is 74.4 Å². The molecule has 0 radical (unpaired) electrons. The molecular weight excluding hydrogens is 701 g/mol. The predicted molar refractivity (Wildman–Crippen MR) is 173 cm³/mol. The number of hydrogen-bond acceptors (Lipinski definition) is 8. The summed E-state index contributed by atoms with van der Waals surface area (Å²) in [6, 6.07) is 21.5. The molecule has 0 aliphatic rings. The molecule has 0 atom stereocenters. The maximum absolute atomic E-state index is 10.7. The molecule has 0 aliphatic carbocycles. The van der Waals surface area contributed by atoms with E-state index in [1.807, 2.05) is 0 Å². The summed E-state index contributed by atoms with van der Waals surface area (Å²) in [6.07, 6.45) is 2.16. The maximum atomic E-state index is 10.7. The van der Waals surface area contributed by atoms with Crippen LogP contribution in [0, 0.1) is 29.2 Å². The molecule has 10 nitrogen and oxygen atoms in total. The Hall–Kier alpha value is -4.17. The molecule has 48 heavy (non-hydrogen) atoms. The molecule has 4 aromatic rings. The Morgan fingerprint density at radius 1 is 0.875 bits per heavy atom. The summed E-state index contributed by atoms with van der Waals surface area (Å²) >= 11 is 0. The Labute approximate surface area is 288 Å². The number of alkyl halides is 3. The van der Waals surface area contributed by atoms with E-state index in [4.69, 9.17) is 22.9 Å². The van der Waals surface area contributed by atoms with Gasteiger partial charge in [-0.3, -0.25) is 15.1 Å². The minimum Gasteiger partial charge on any atom is -0.741 e. The summed E-state index contributed by atoms with van der Waals surface area (Å²) < 4.78 is 59.4. The van der Waals surface area contributed by atoms with E-state index in [0.717, 1.165) is 47.3 Å². The van der Waals surface area contributed by atoms with E-state index in [1.165, 1.54) is 27.8 Å². The van der Waals surface area contributed by atoms with Gasteiger partial charge in [0.25, 0.3) is 5.69 Å². The Morgan fingerprint density at radius 3 is 1.73 bits per heavy atom.